The first kappa shape index (κ1) is 18.5. The maximum absolute atomic E-state index is 12.3. The Balaban J connectivity index is 1.79. The number of amides is 4. The van der Waals surface area contributed by atoms with Gasteiger partial charge in [0.15, 0.2) is 0 Å². The summed E-state index contributed by atoms with van der Waals surface area (Å²) in [4.78, 5) is 51.0. The van der Waals surface area contributed by atoms with Crippen LogP contribution < -0.4 is 16.0 Å². The molecule has 4 N–H and O–H groups in total. The fourth-order valence-corrected chi connectivity index (χ4v) is 4.77. The molecule has 9 heteroatoms. The fourth-order valence-electron chi connectivity index (χ4n) is 3.45. The molecule has 26 heavy (non-hydrogen) atoms. The molecule has 1 unspecified atom stereocenters. The zero-order chi connectivity index (χ0) is 19.0. The molecule has 1 fully saturated rings. The number of hydrogen-bond acceptors (Lipinski definition) is 5. The summed E-state index contributed by atoms with van der Waals surface area (Å²) in [6, 6.07) is 0.465. The Hall–Kier alpha value is -2.26. The van der Waals surface area contributed by atoms with Crippen LogP contribution >= 0.6 is 11.3 Å². The summed E-state index contributed by atoms with van der Waals surface area (Å²) in [6.45, 7) is 5.66. The molecule has 2 aliphatic heterocycles. The molecule has 8 nitrogen and oxygen atoms in total. The van der Waals surface area contributed by atoms with E-state index in [1.165, 1.54) is 16.2 Å². The predicted octanol–water partition coefficient (Wildman–Crippen LogP) is -0.716. The number of carbonyl (C=O) groups is 4. The molecule has 0 saturated carbocycles. The lowest BCUT2D eigenvalue weighted by Crippen LogP contribution is -3.14. The van der Waals surface area contributed by atoms with Gasteiger partial charge in [0.1, 0.15) is 18.1 Å². The highest BCUT2D eigenvalue weighted by Crippen LogP contribution is 2.34. The molecular weight excluding hydrogens is 356 g/mol. The number of primary amides is 1. The Morgan fingerprint density at radius 3 is 2.46 bits per heavy atom. The maximum atomic E-state index is 12.3. The smallest absolute Gasteiger partial charge is 0.252 e. The number of quaternary nitrogens is 1. The number of thiophene rings is 1. The highest BCUT2D eigenvalue weighted by Gasteiger charge is 2.33. The first-order valence-electron chi connectivity index (χ1n) is 8.70. The van der Waals surface area contributed by atoms with Crippen LogP contribution in [0.15, 0.2) is 0 Å². The van der Waals surface area contributed by atoms with Gasteiger partial charge >= 0.3 is 0 Å². The molecule has 1 atom stereocenters. The minimum atomic E-state index is -0.570. The van der Waals surface area contributed by atoms with E-state index in [-0.39, 0.29) is 31.2 Å². The minimum absolute atomic E-state index is 0.139. The molecule has 140 valence electrons. The molecule has 0 aliphatic carbocycles. The third-order valence-corrected chi connectivity index (χ3v) is 6.09. The number of fused-ring (bicyclic) bond motifs is 1. The standard InChI is InChI=1S/C17H22N4O4S/c1-9(2)20-6-5-10-11(7-20)26-17(15(10)16(18)25)19-12(22)8-21-13(23)3-4-14(21)24/h9H,3-8H2,1-2H3,(H2,18,25)(H,19,22)/p+1. The average Bonchev–Trinajstić information content (AvgIpc) is 3.08. The van der Waals surface area contributed by atoms with Crippen LogP contribution in [0.1, 0.15) is 47.5 Å². The van der Waals surface area contributed by atoms with E-state index in [0.29, 0.717) is 16.6 Å². The summed E-state index contributed by atoms with van der Waals surface area (Å²) in [5.41, 5.74) is 6.83. The van der Waals surface area contributed by atoms with Crippen molar-refractivity contribution < 1.29 is 24.1 Å². The molecule has 0 spiro atoms. The zero-order valence-corrected chi connectivity index (χ0v) is 15.7. The van der Waals surface area contributed by atoms with Gasteiger partial charge in [-0.05, 0) is 19.4 Å². The van der Waals surface area contributed by atoms with E-state index < -0.39 is 11.8 Å². The lowest BCUT2D eigenvalue weighted by atomic mass is 10.0. The first-order chi connectivity index (χ1) is 12.3. The van der Waals surface area contributed by atoms with Crippen molar-refractivity contribution in [2.24, 2.45) is 5.73 Å². The Morgan fingerprint density at radius 1 is 1.23 bits per heavy atom. The molecule has 0 aromatic carbocycles. The van der Waals surface area contributed by atoms with Crippen molar-refractivity contribution in [3.05, 3.63) is 16.0 Å². The largest absolute Gasteiger partial charge is 0.365 e. The van der Waals surface area contributed by atoms with E-state index in [9.17, 15) is 19.2 Å². The van der Waals surface area contributed by atoms with E-state index >= 15 is 0 Å². The van der Waals surface area contributed by atoms with Crippen molar-refractivity contribution in [2.75, 3.05) is 18.4 Å². The second kappa shape index (κ2) is 7.16. The number of nitrogens with two attached hydrogens (primary N) is 1. The highest BCUT2D eigenvalue weighted by atomic mass is 32.1. The van der Waals surface area contributed by atoms with E-state index in [0.717, 1.165) is 34.9 Å². The summed E-state index contributed by atoms with van der Waals surface area (Å²) in [6.07, 6.45) is 1.01. The van der Waals surface area contributed by atoms with E-state index in [1.807, 2.05) is 0 Å². The maximum Gasteiger partial charge on any atom is 0.252 e. The number of imide groups is 1. The van der Waals surface area contributed by atoms with E-state index in [1.54, 1.807) is 0 Å². The number of nitrogens with one attached hydrogen (secondary N) is 2. The monoisotopic (exact) mass is 379 g/mol. The fraction of sp³-hybridized carbons (Fsp3) is 0.529. The van der Waals surface area contributed by atoms with Gasteiger partial charge < -0.3 is 16.0 Å². The van der Waals surface area contributed by atoms with Crippen LogP contribution in [0.2, 0.25) is 0 Å². The summed E-state index contributed by atoms with van der Waals surface area (Å²) >= 11 is 1.36. The van der Waals surface area contributed by atoms with Crippen molar-refractivity contribution in [1.29, 1.82) is 0 Å². The number of anilines is 1. The SMILES string of the molecule is CC(C)[NH+]1CCc2c(sc(NC(=O)CN3C(=O)CCC3=O)c2C(N)=O)C1. The van der Waals surface area contributed by atoms with Crippen LogP contribution in [0.3, 0.4) is 0 Å². The Labute approximate surface area is 155 Å². The van der Waals surface area contributed by atoms with Gasteiger partial charge in [0.25, 0.3) is 5.91 Å². The summed E-state index contributed by atoms with van der Waals surface area (Å²) in [5, 5.41) is 3.10. The van der Waals surface area contributed by atoms with E-state index in [2.05, 4.69) is 19.2 Å². The lowest BCUT2D eigenvalue weighted by molar-refractivity contribution is -0.936. The number of hydrogen-bond donors (Lipinski definition) is 3. The van der Waals surface area contributed by atoms with Gasteiger partial charge in [-0.25, -0.2) is 0 Å². The van der Waals surface area contributed by atoms with Crippen molar-refractivity contribution in [1.82, 2.24) is 4.90 Å². The normalized spacial score (nSPS) is 19.8. The van der Waals surface area contributed by atoms with Gasteiger partial charge in [0.05, 0.1) is 23.0 Å². The molecular formula is C17H23N4O4S+. The van der Waals surface area contributed by atoms with Gasteiger partial charge in [0.2, 0.25) is 17.7 Å². The van der Waals surface area contributed by atoms with Gasteiger partial charge in [-0.1, -0.05) is 0 Å². The number of likely N-dealkylation sites (tertiary alicyclic amines) is 1. The van der Waals surface area contributed by atoms with Crippen molar-refractivity contribution in [3.8, 4) is 0 Å². The van der Waals surface area contributed by atoms with Crippen LogP contribution in [-0.2, 0) is 27.3 Å². The van der Waals surface area contributed by atoms with Crippen molar-refractivity contribution >= 4 is 40.0 Å². The summed E-state index contributed by atoms with van der Waals surface area (Å²) < 4.78 is 0. The van der Waals surface area contributed by atoms with Crippen molar-refractivity contribution in [2.45, 2.75) is 45.7 Å². The van der Waals surface area contributed by atoms with Crippen LogP contribution in [0.4, 0.5) is 5.00 Å². The molecule has 0 radical (unpaired) electrons. The predicted molar refractivity (Wildman–Crippen MR) is 95.8 cm³/mol. The topological polar surface area (TPSA) is 114 Å². The van der Waals surface area contributed by atoms with Crippen LogP contribution in [0.25, 0.3) is 0 Å². The quantitative estimate of drug-likeness (QED) is 0.586. The Bertz CT molecular complexity index is 770. The number of carbonyl (C=O) groups excluding carboxylic acids is 4. The van der Waals surface area contributed by atoms with Crippen molar-refractivity contribution in [3.63, 3.8) is 0 Å². The van der Waals surface area contributed by atoms with Gasteiger partial charge in [-0.15, -0.1) is 11.3 Å². The van der Waals surface area contributed by atoms with Gasteiger partial charge in [0, 0.05) is 19.3 Å². The molecule has 1 aromatic rings. The molecule has 1 saturated heterocycles. The van der Waals surface area contributed by atoms with Gasteiger partial charge in [-0.2, -0.15) is 0 Å². The lowest BCUT2D eigenvalue weighted by Gasteiger charge is -2.27. The van der Waals surface area contributed by atoms with Gasteiger partial charge in [-0.3, -0.25) is 24.1 Å². The second-order valence-corrected chi connectivity index (χ2v) is 8.09. The highest BCUT2D eigenvalue weighted by molar-refractivity contribution is 7.17. The number of nitrogens with zero attached hydrogens (tertiary/aromatic N) is 1. The van der Waals surface area contributed by atoms with E-state index in [4.69, 9.17) is 5.73 Å². The minimum Gasteiger partial charge on any atom is -0.365 e. The zero-order valence-electron chi connectivity index (χ0n) is 14.9. The molecule has 1 aromatic heterocycles. The second-order valence-electron chi connectivity index (χ2n) is 6.98. The van der Waals surface area contributed by atoms with Crippen LogP contribution in [0.5, 0.6) is 0 Å². The third-order valence-electron chi connectivity index (χ3n) is 4.95. The summed E-state index contributed by atoms with van der Waals surface area (Å²) in [5.74, 6) is -1.76. The molecule has 2 aliphatic rings. The average molecular weight is 379 g/mol. The molecule has 4 amide bonds. The third kappa shape index (κ3) is 3.49. The molecule has 3 heterocycles. The number of rotatable bonds is 5. The molecule has 0 bridgehead atoms. The Morgan fingerprint density at radius 2 is 1.88 bits per heavy atom. The Kier molecular flexibility index (Phi) is 5.10. The van der Waals surface area contributed by atoms with Crippen LogP contribution in [0, 0.1) is 0 Å². The van der Waals surface area contributed by atoms with Crippen LogP contribution in [-0.4, -0.2) is 47.7 Å². The summed E-state index contributed by atoms with van der Waals surface area (Å²) in [7, 11) is 0. The first-order valence-corrected chi connectivity index (χ1v) is 9.51. The molecule has 3 rings (SSSR count).